The van der Waals surface area contributed by atoms with Crippen LogP contribution < -0.4 is 10.1 Å². The van der Waals surface area contributed by atoms with E-state index in [0.29, 0.717) is 33.4 Å². The van der Waals surface area contributed by atoms with Gasteiger partial charge in [0.05, 0.1) is 6.61 Å². The molecule has 1 aromatic carbocycles. The minimum absolute atomic E-state index is 0.0210. The van der Waals surface area contributed by atoms with Crippen LogP contribution in [0.4, 0.5) is 5.13 Å². The minimum atomic E-state index is -0.209. The van der Waals surface area contributed by atoms with E-state index in [0.717, 1.165) is 37.2 Å². The summed E-state index contributed by atoms with van der Waals surface area (Å²) >= 11 is 7.08. The highest BCUT2D eigenvalue weighted by Gasteiger charge is 2.57. The van der Waals surface area contributed by atoms with Crippen molar-refractivity contribution in [2.75, 3.05) is 18.5 Å². The van der Waals surface area contributed by atoms with E-state index in [1.54, 1.807) is 24.4 Å². The van der Waals surface area contributed by atoms with Crippen molar-refractivity contribution in [3.8, 4) is 5.19 Å². The van der Waals surface area contributed by atoms with Crippen molar-refractivity contribution >= 4 is 34.0 Å². The van der Waals surface area contributed by atoms with Gasteiger partial charge in [0, 0.05) is 35.0 Å². The zero-order valence-corrected chi connectivity index (χ0v) is 17.6. The fourth-order valence-corrected chi connectivity index (χ4v) is 4.76. The molecule has 7 nitrogen and oxygen atoms in total. The summed E-state index contributed by atoms with van der Waals surface area (Å²) in [4.78, 5) is 17.2. The predicted octanol–water partition coefficient (Wildman–Crippen LogP) is 4.10. The number of amides is 1. The molecule has 9 heteroatoms. The van der Waals surface area contributed by atoms with Crippen LogP contribution in [0.5, 0.6) is 5.19 Å². The molecule has 5 rings (SSSR count). The molecule has 2 atom stereocenters. The van der Waals surface area contributed by atoms with Crippen LogP contribution in [0.3, 0.4) is 0 Å². The maximum Gasteiger partial charge on any atom is 0.296 e. The average Bonchev–Trinajstić information content (AvgIpc) is 3.37. The molecule has 0 radical (unpaired) electrons. The molecule has 0 spiro atoms. The van der Waals surface area contributed by atoms with Crippen molar-refractivity contribution in [2.45, 2.75) is 24.9 Å². The lowest BCUT2D eigenvalue weighted by Gasteiger charge is -2.24. The second-order valence-electron chi connectivity index (χ2n) is 7.55. The number of nitrogens with one attached hydrogen (secondary N) is 1. The number of halogens is 1. The SMILES string of the molecule is O=C(Nc1nnc(OCc2ccc(Cl)cc2)s1)c1ccncc1[C@]12CCOC[C@H]1C2. The van der Waals surface area contributed by atoms with Gasteiger partial charge in [-0.25, -0.2) is 0 Å². The summed E-state index contributed by atoms with van der Waals surface area (Å²) in [7, 11) is 0. The Bertz CT molecular complexity index is 1070. The number of pyridine rings is 1. The molecule has 2 aromatic heterocycles. The Morgan fingerprint density at radius 1 is 1.30 bits per heavy atom. The van der Waals surface area contributed by atoms with E-state index < -0.39 is 0 Å². The van der Waals surface area contributed by atoms with Crippen LogP contribution in [0.1, 0.15) is 34.3 Å². The van der Waals surface area contributed by atoms with Gasteiger partial charge in [0.2, 0.25) is 5.13 Å². The summed E-state index contributed by atoms with van der Waals surface area (Å²) in [5.74, 6) is 0.260. The maximum atomic E-state index is 13.0. The number of anilines is 1. The summed E-state index contributed by atoms with van der Waals surface area (Å²) in [5.41, 5.74) is 2.62. The summed E-state index contributed by atoms with van der Waals surface area (Å²) in [5, 5.41) is 12.3. The first-order valence-corrected chi connectivity index (χ1v) is 10.9. The molecule has 2 fully saturated rings. The smallest absolute Gasteiger partial charge is 0.296 e. The molecular formula is C21H19ClN4O3S. The quantitative estimate of drug-likeness (QED) is 0.618. The summed E-state index contributed by atoms with van der Waals surface area (Å²) in [6.45, 7) is 1.82. The van der Waals surface area contributed by atoms with Crippen LogP contribution in [0.2, 0.25) is 5.02 Å². The Kier molecular flexibility index (Phi) is 5.14. The first-order chi connectivity index (χ1) is 14.6. The Labute approximate surface area is 182 Å². The van der Waals surface area contributed by atoms with Crippen LogP contribution in [0.15, 0.2) is 42.7 Å². The van der Waals surface area contributed by atoms with Crippen molar-refractivity contribution in [1.82, 2.24) is 15.2 Å². The molecule has 1 amide bonds. The van der Waals surface area contributed by atoms with Gasteiger partial charge in [0.1, 0.15) is 6.61 Å². The Balaban J connectivity index is 1.26. The number of rotatable bonds is 6. The molecule has 3 aromatic rings. The van der Waals surface area contributed by atoms with Crippen LogP contribution in [0, 0.1) is 5.92 Å². The molecule has 154 valence electrons. The molecule has 0 bridgehead atoms. The third-order valence-corrected chi connectivity index (χ3v) is 6.75. The highest BCUT2D eigenvalue weighted by Crippen LogP contribution is 2.59. The van der Waals surface area contributed by atoms with E-state index >= 15 is 0 Å². The lowest BCUT2D eigenvalue weighted by atomic mass is 9.87. The van der Waals surface area contributed by atoms with Crippen LogP contribution >= 0.6 is 22.9 Å². The van der Waals surface area contributed by atoms with E-state index in [-0.39, 0.29) is 11.3 Å². The van der Waals surface area contributed by atoms with E-state index in [4.69, 9.17) is 21.1 Å². The topological polar surface area (TPSA) is 86.2 Å². The van der Waals surface area contributed by atoms with Crippen molar-refractivity contribution in [1.29, 1.82) is 0 Å². The van der Waals surface area contributed by atoms with Crippen molar-refractivity contribution in [3.05, 3.63) is 64.4 Å². The summed E-state index contributed by atoms with van der Waals surface area (Å²) in [6, 6.07) is 9.15. The second kappa shape index (κ2) is 7.94. The zero-order chi connectivity index (χ0) is 20.6. The molecule has 1 N–H and O–H groups in total. The van der Waals surface area contributed by atoms with Gasteiger partial charge in [0.15, 0.2) is 0 Å². The average molecular weight is 443 g/mol. The fourth-order valence-electron chi connectivity index (χ4n) is 4.05. The van der Waals surface area contributed by atoms with Gasteiger partial charge in [0.25, 0.3) is 11.1 Å². The molecule has 1 saturated heterocycles. The fraction of sp³-hybridized carbons (Fsp3) is 0.333. The van der Waals surface area contributed by atoms with Gasteiger partial charge in [-0.05, 0) is 59.4 Å². The summed E-state index contributed by atoms with van der Waals surface area (Å²) < 4.78 is 11.2. The predicted molar refractivity (Wildman–Crippen MR) is 113 cm³/mol. The molecule has 3 heterocycles. The van der Waals surface area contributed by atoms with Gasteiger partial charge in [-0.2, -0.15) is 0 Å². The summed E-state index contributed by atoms with van der Waals surface area (Å²) in [6.07, 6.45) is 5.43. The van der Waals surface area contributed by atoms with E-state index in [9.17, 15) is 4.79 Å². The molecule has 1 aliphatic heterocycles. The number of nitrogens with zero attached hydrogens (tertiary/aromatic N) is 3. The largest absolute Gasteiger partial charge is 0.464 e. The van der Waals surface area contributed by atoms with E-state index in [1.807, 2.05) is 18.3 Å². The van der Waals surface area contributed by atoms with Crippen LogP contribution in [0.25, 0.3) is 0 Å². The minimum Gasteiger partial charge on any atom is -0.464 e. The van der Waals surface area contributed by atoms with Gasteiger partial charge >= 0.3 is 0 Å². The second-order valence-corrected chi connectivity index (χ2v) is 8.92. The van der Waals surface area contributed by atoms with Crippen molar-refractivity contribution in [2.24, 2.45) is 5.92 Å². The third-order valence-electron chi connectivity index (χ3n) is 5.75. The molecule has 30 heavy (non-hydrogen) atoms. The monoisotopic (exact) mass is 442 g/mol. The number of hydrogen-bond acceptors (Lipinski definition) is 7. The van der Waals surface area contributed by atoms with Crippen LogP contribution in [-0.2, 0) is 16.8 Å². The standard InChI is InChI=1S/C21H19ClN4O3S/c22-15-3-1-13(2-4-15)11-29-20-26-25-19(30-20)24-18(27)16-5-7-23-10-17(16)21-6-8-28-12-14(21)9-21/h1-5,7,10,14H,6,8-9,11-12H2,(H,24,25,27)/t14-,21+/m1/s1. The lowest BCUT2D eigenvalue weighted by Crippen LogP contribution is -2.25. The first-order valence-electron chi connectivity index (χ1n) is 9.68. The zero-order valence-electron chi connectivity index (χ0n) is 16.0. The van der Waals surface area contributed by atoms with E-state index in [1.165, 1.54) is 11.3 Å². The van der Waals surface area contributed by atoms with Crippen molar-refractivity contribution < 1.29 is 14.3 Å². The van der Waals surface area contributed by atoms with Gasteiger partial charge in [-0.1, -0.05) is 28.8 Å². The first kappa shape index (κ1) is 19.4. The van der Waals surface area contributed by atoms with Gasteiger partial charge < -0.3 is 9.47 Å². The Morgan fingerprint density at radius 3 is 3.00 bits per heavy atom. The van der Waals surface area contributed by atoms with Gasteiger partial charge in [-0.15, -0.1) is 5.10 Å². The number of carbonyl (C=O) groups is 1. The lowest BCUT2D eigenvalue weighted by molar-refractivity contribution is 0.0796. The maximum absolute atomic E-state index is 13.0. The van der Waals surface area contributed by atoms with Crippen molar-refractivity contribution in [3.63, 3.8) is 0 Å². The Morgan fingerprint density at radius 2 is 2.17 bits per heavy atom. The highest BCUT2D eigenvalue weighted by atomic mass is 35.5. The number of fused-ring (bicyclic) bond motifs is 1. The number of ether oxygens (including phenoxy) is 2. The normalized spacial score (nSPS) is 22.2. The Hall–Kier alpha value is -2.55. The molecule has 0 unspecified atom stereocenters. The molecule has 1 aliphatic carbocycles. The number of hydrogen-bond donors (Lipinski definition) is 1. The molecule has 2 aliphatic rings. The number of carbonyl (C=O) groups excluding carboxylic acids is 1. The number of benzene rings is 1. The van der Waals surface area contributed by atoms with Crippen LogP contribution in [-0.4, -0.2) is 34.3 Å². The molecular weight excluding hydrogens is 424 g/mol. The third kappa shape index (κ3) is 3.78. The molecule has 1 saturated carbocycles. The number of aromatic nitrogens is 3. The van der Waals surface area contributed by atoms with Gasteiger partial charge in [-0.3, -0.25) is 15.1 Å². The van der Waals surface area contributed by atoms with E-state index in [2.05, 4.69) is 20.5 Å². The highest BCUT2D eigenvalue weighted by molar-refractivity contribution is 7.17.